The van der Waals surface area contributed by atoms with Gasteiger partial charge in [0.05, 0.1) is 17.6 Å². The Kier molecular flexibility index (Phi) is 4.01. The van der Waals surface area contributed by atoms with Crippen LogP contribution in [-0.2, 0) is 13.0 Å². The van der Waals surface area contributed by atoms with E-state index in [0.717, 1.165) is 11.1 Å². The van der Waals surface area contributed by atoms with Gasteiger partial charge in [0.2, 0.25) is 0 Å². The van der Waals surface area contributed by atoms with Crippen LogP contribution in [0.1, 0.15) is 11.1 Å². The molecule has 0 bridgehead atoms. The molecule has 0 aliphatic carbocycles. The Balaban J connectivity index is 1.69. The quantitative estimate of drug-likeness (QED) is 0.705. The summed E-state index contributed by atoms with van der Waals surface area (Å²) in [6.07, 6.45) is 2.32. The summed E-state index contributed by atoms with van der Waals surface area (Å²) in [6, 6.07) is 14.0. The minimum atomic E-state index is -0.352. The molecule has 3 aromatic rings. The molecule has 25 heavy (non-hydrogen) atoms. The van der Waals surface area contributed by atoms with Crippen molar-refractivity contribution in [1.29, 1.82) is 0 Å². The summed E-state index contributed by atoms with van der Waals surface area (Å²) in [4.78, 5) is 14.6. The van der Waals surface area contributed by atoms with E-state index in [2.05, 4.69) is 5.10 Å². The Morgan fingerprint density at radius 3 is 2.68 bits per heavy atom. The molecule has 0 N–H and O–H groups in total. The van der Waals surface area contributed by atoms with E-state index in [-0.39, 0.29) is 16.4 Å². The molecule has 2 heterocycles. The molecule has 126 valence electrons. The number of aromatic nitrogens is 2. The van der Waals surface area contributed by atoms with Gasteiger partial charge in [0.15, 0.2) is 0 Å². The number of anilines is 1. The van der Waals surface area contributed by atoms with Crippen molar-refractivity contribution in [2.45, 2.75) is 13.0 Å². The normalized spacial score (nSPS) is 13.6. The van der Waals surface area contributed by atoms with Gasteiger partial charge in [0.1, 0.15) is 10.8 Å². The average Bonchev–Trinajstić information content (AvgIpc) is 2.64. The molecule has 6 heteroatoms. The number of hydrogen-bond acceptors (Lipinski definition) is 3. The predicted octanol–water partition coefficient (Wildman–Crippen LogP) is 3.59. The number of nitrogens with zero attached hydrogens (tertiary/aromatic N) is 3. The molecule has 0 spiro atoms. The zero-order chi connectivity index (χ0) is 17.4. The van der Waals surface area contributed by atoms with Gasteiger partial charge in [-0.1, -0.05) is 35.9 Å². The first-order valence-electron chi connectivity index (χ1n) is 7.99. The summed E-state index contributed by atoms with van der Waals surface area (Å²) in [5, 5.41) is 4.42. The monoisotopic (exact) mass is 355 g/mol. The molecule has 0 saturated carbocycles. The molecule has 0 radical (unpaired) electrons. The van der Waals surface area contributed by atoms with Crippen molar-refractivity contribution in [3.8, 4) is 5.69 Å². The molecule has 1 aliphatic heterocycles. The van der Waals surface area contributed by atoms with Crippen LogP contribution < -0.4 is 10.5 Å². The van der Waals surface area contributed by atoms with Gasteiger partial charge in [-0.3, -0.25) is 4.79 Å². The van der Waals surface area contributed by atoms with E-state index in [1.54, 1.807) is 30.5 Å². The summed E-state index contributed by atoms with van der Waals surface area (Å²) in [6.45, 7) is 1.23. The molecular formula is C19H15ClFN3O. The number of fused-ring (bicyclic) bond motifs is 1. The second kappa shape index (κ2) is 6.33. The topological polar surface area (TPSA) is 38.1 Å². The minimum absolute atomic E-state index is 0.143. The zero-order valence-corrected chi connectivity index (χ0v) is 14.1. The molecule has 0 unspecified atom stereocenters. The van der Waals surface area contributed by atoms with E-state index < -0.39 is 0 Å². The van der Waals surface area contributed by atoms with Crippen LogP contribution in [0.25, 0.3) is 5.69 Å². The molecule has 0 atom stereocenters. The zero-order valence-electron chi connectivity index (χ0n) is 13.3. The van der Waals surface area contributed by atoms with Crippen molar-refractivity contribution in [2.75, 3.05) is 11.4 Å². The lowest BCUT2D eigenvalue weighted by Gasteiger charge is -2.31. The van der Waals surface area contributed by atoms with Crippen LogP contribution in [0.5, 0.6) is 0 Å². The fraction of sp³-hybridized carbons (Fsp3) is 0.158. The molecule has 0 amide bonds. The second-order valence-corrected chi connectivity index (χ2v) is 6.36. The van der Waals surface area contributed by atoms with Gasteiger partial charge in [-0.15, -0.1) is 0 Å². The third-order valence-electron chi connectivity index (χ3n) is 4.42. The van der Waals surface area contributed by atoms with Crippen molar-refractivity contribution in [3.05, 3.63) is 87.0 Å². The Hall–Kier alpha value is -2.66. The van der Waals surface area contributed by atoms with Crippen molar-refractivity contribution in [3.63, 3.8) is 0 Å². The van der Waals surface area contributed by atoms with E-state index >= 15 is 0 Å². The van der Waals surface area contributed by atoms with Gasteiger partial charge in [0.25, 0.3) is 5.56 Å². The number of halogens is 2. The van der Waals surface area contributed by atoms with Crippen LogP contribution in [-0.4, -0.2) is 16.3 Å². The van der Waals surface area contributed by atoms with Crippen molar-refractivity contribution in [2.24, 2.45) is 0 Å². The summed E-state index contributed by atoms with van der Waals surface area (Å²) in [5.41, 5.74) is 2.96. The SMILES string of the molecule is O=c1c(Cl)c(N2CCc3cc(F)ccc3C2)cnn1-c1ccccc1. The predicted molar refractivity (Wildman–Crippen MR) is 96.0 cm³/mol. The third-order valence-corrected chi connectivity index (χ3v) is 4.78. The average molecular weight is 356 g/mol. The van der Waals surface area contributed by atoms with E-state index in [1.807, 2.05) is 23.1 Å². The molecule has 1 aliphatic rings. The van der Waals surface area contributed by atoms with E-state index in [4.69, 9.17) is 11.6 Å². The number of hydrogen-bond donors (Lipinski definition) is 0. The highest BCUT2D eigenvalue weighted by Crippen LogP contribution is 2.28. The lowest BCUT2D eigenvalue weighted by atomic mass is 9.99. The van der Waals surface area contributed by atoms with E-state index in [9.17, 15) is 9.18 Å². The molecule has 4 rings (SSSR count). The first-order chi connectivity index (χ1) is 12.1. The van der Waals surface area contributed by atoms with Crippen LogP contribution in [0.15, 0.2) is 59.5 Å². The summed E-state index contributed by atoms with van der Waals surface area (Å²) in [5.74, 6) is -0.225. The standard InChI is InChI=1S/C19H15ClFN3O/c20-18-17(11-22-24(19(18)25)16-4-2-1-3-5-16)23-9-8-13-10-15(21)7-6-14(13)12-23/h1-7,10-11H,8-9,12H2. The van der Waals surface area contributed by atoms with E-state index in [0.29, 0.717) is 30.9 Å². The highest BCUT2D eigenvalue weighted by atomic mass is 35.5. The van der Waals surface area contributed by atoms with Crippen molar-refractivity contribution in [1.82, 2.24) is 9.78 Å². The molecular weight excluding hydrogens is 341 g/mol. The van der Waals surface area contributed by atoms with Crippen molar-refractivity contribution < 1.29 is 4.39 Å². The van der Waals surface area contributed by atoms with Crippen molar-refractivity contribution >= 4 is 17.3 Å². The number of para-hydroxylation sites is 1. The lowest BCUT2D eigenvalue weighted by Crippen LogP contribution is -2.33. The Morgan fingerprint density at radius 1 is 1.08 bits per heavy atom. The van der Waals surface area contributed by atoms with Crippen LogP contribution in [0, 0.1) is 5.82 Å². The highest BCUT2D eigenvalue weighted by molar-refractivity contribution is 6.33. The Bertz CT molecular complexity index is 988. The Morgan fingerprint density at radius 2 is 1.88 bits per heavy atom. The largest absolute Gasteiger partial charge is 0.364 e. The van der Waals surface area contributed by atoms with Gasteiger partial charge in [-0.2, -0.15) is 9.78 Å². The molecule has 2 aromatic carbocycles. The lowest BCUT2D eigenvalue weighted by molar-refractivity contribution is 0.619. The van der Waals surface area contributed by atoms with Crippen LogP contribution in [0.4, 0.5) is 10.1 Å². The Labute approximate surface area is 149 Å². The maximum Gasteiger partial charge on any atom is 0.292 e. The fourth-order valence-electron chi connectivity index (χ4n) is 3.12. The maximum absolute atomic E-state index is 13.3. The van der Waals surface area contributed by atoms with Crippen LogP contribution in [0.3, 0.4) is 0 Å². The smallest absolute Gasteiger partial charge is 0.292 e. The summed E-state index contributed by atoms with van der Waals surface area (Å²) >= 11 is 6.36. The van der Waals surface area contributed by atoms with Gasteiger partial charge >= 0.3 is 0 Å². The number of benzene rings is 2. The summed E-state index contributed by atoms with van der Waals surface area (Å²) < 4.78 is 14.6. The first-order valence-corrected chi connectivity index (χ1v) is 8.37. The molecule has 0 fully saturated rings. The maximum atomic E-state index is 13.3. The molecule has 4 nitrogen and oxygen atoms in total. The summed E-state index contributed by atoms with van der Waals surface area (Å²) in [7, 11) is 0. The van der Waals surface area contributed by atoms with E-state index in [1.165, 1.54) is 10.7 Å². The second-order valence-electron chi connectivity index (χ2n) is 5.98. The third kappa shape index (κ3) is 2.91. The van der Waals surface area contributed by atoms with Crippen LogP contribution in [0.2, 0.25) is 5.02 Å². The van der Waals surface area contributed by atoms with Gasteiger partial charge < -0.3 is 4.90 Å². The molecule has 1 aromatic heterocycles. The minimum Gasteiger partial charge on any atom is -0.364 e. The van der Waals surface area contributed by atoms with Gasteiger partial charge in [-0.25, -0.2) is 4.39 Å². The van der Waals surface area contributed by atoms with Gasteiger partial charge in [0, 0.05) is 13.1 Å². The number of rotatable bonds is 2. The van der Waals surface area contributed by atoms with Gasteiger partial charge in [-0.05, 0) is 41.8 Å². The first kappa shape index (κ1) is 15.8. The van der Waals surface area contributed by atoms with Crippen LogP contribution >= 0.6 is 11.6 Å². The fourth-order valence-corrected chi connectivity index (χ4v) is 3.37. The molecule has 0 saturated heterocycles. The highest BCUT2D eigenvalue weighted by Gasteiger charge is 2.21.